The molecule has 9 nitrogen and oxygen atoms in total. The van der Waals surface area contributed by atoms with E-state index in [2.05, 4.69) is 5.32 Å². The van der Waals surface area contributed by atoms with Crippen LogP contribution >= 0.6 is 0 Å². The number of nitrogens with one attached hydrogen (secondary N) is 1. The number of amides is 2. The second kappa shape index (κ2) is 9.38. The standard InChI is InChI=1S/C22H24N2O7/c1-24-15-9-13(5-7-17(15)31-12-21(24)27)16(25)6-8-20(26)23-14-10-18(28-2)22(30-4)19(11-14)29-3/h5,7,9-11H,6,8,12H2,1-4H3,(H,23,26). The summed E-state index contributed by atoms with van der Waals surface area (Å²) in [7, 11) is 6.08. The molecule has 0 aliphatic carbocycles. The first-order valence-electron chi connectivity index (χ1n) is 9.54. The van der Waals surface area contributed by atoms with Crippen LogP contribution in [-0.4, -0.2) is 52.6 Å². The predicted octanol–water partition coefficient (Wildman–Crippen LogP) is 2.67. The van der Waals surface area contributed by atoms with Crippen molar-refractivity contribution in [1.29, 1.82) is 0 Å². The lowest BCUT2D eigenvalue weighted by Crippen LogP contribution is -2.35. The maximum atomic E-state index is 12.6. The number of hydrogen-bond donors (Lipinski definition) is 1. The molecule has 1 N–H and O–H groups in total. The van der Waals surface area contributed by atoms with Gasteiger partial charge in [-0.05, 0) is 18.2 Å². The monoisotopic (exact) mass is 428 g/mol. The van der Waals surface area contributed by atoms with Crippen LogP contribution in [0.25, 0.3) is 0 Å². The predicted molar refractivity (Wildman–Crippen MR) is 114 cm³/mol. The summed E-state index contributed by atoms with van der Waals surface area (Å²) in [5.41, 5.74) is 1.39. The zero-order valence-corrected chi connectivity index (χ0v) is 17.8. The highest BCUT2D eigenvalue weighted by molar-refractivity contribution is 6.03. The van der Waals surface area contributed by atoms with Crippen molar-refractivity contribution in [2.75, 3.05) is 45.2 Å². The van der Waals surface area contributed by atoms with Gasteiger partial charge in [-0.25, -0.2) is 0 Å². The van der Waals surface area contributed by atoms with Crippen molar-refractivity contribution < 1.29 is 33.3 Å². The van der Waals surface area contributed by atoms with Gasteiger partial charge in [-0.1, -0.05) is 0 Å². The molecule has 3 rings (SSSR count). The molecule has 2 amide bonds. The van der Waals surface area contributed by atoms with E-state index >= 15 is 0 Å². The van der Waals surface area contributed by atoms with Crippen LogP contribution in [0.1, 0.15) is 23.2 Å². The number of likely N-dealkylation sites (N-methyl/N-ethyl adjacent to an activating group) is 1. The van der Waals surface area contributed by atoms with E-state index in [0.29, 0.717) is 39.9 Å². The van der Waals surface area contributed by atoms with Crippen molar-refractivity contribution in [1.82, 2.24) is 0 Å². The van der Waals surface area contributed by atoms with Gasteiger partial charge in [0.25, 0.3) is 5.91 Å². The molecule has 0 spiro atoms. The number of benzene rings is 2. The van der Waals surface area contributed by atoms with Crippen LogP contribution in [0.2, 0.25) is 0 Å². The number of Topliss-reactive ketones (excluding diaryl/α,β-unsaturated/α-hetero) is 1. The number of nitrogens with zero attached hydrogens (tertiary/aromatic N) is 1. The van der Waals surface area contributed by atoms with Gasteiger partial charge in [-0.3, -0.25) is 14.4 Å². The van der Waals surface area contributed by atoms with Gasteiger partial charge in [0.1, 0.15) is 5.75 Å². The molecule has 1 heterocycles. The van der Waals surface area contributed by atoms with Gasteiger partial charge in [0, 0.05) is 43.3 Å². The Bertz CT molecular complexity index is 994. The summed E-state index contributed by atoms with van der Waals surface area (Å²) in [5.74, 6) is 1.02. The van der Waals surface area contributed by atoms with Gasteiger partial charge in [0.15, 0.2) is 23.9 Å². The summed E-state index contributed by atoms with van der Waals surface area (Å²) in [4.78, 5) is 38.2. The van der Waals surface area contributed by atoms with Crippen LogP contribution in [0.4, 0.5) is 11.4 Å². The van der Waals surface area contributed by atoms with Gasteiger partial charge in [-0.2, -0.15) is 0 Å². The van der Waals surface area contributed by atoms with Crippen molar-refractivity contribution in [2.24, 2.45) is 0 Å². The topological polar surface area (TPSA) is 103 Å². The normalized spacial score (nSPS) is 12.5. The third-order valence-electron chi connectivity index (χ3n) is 4.90. The Kier molecular flexibility index (Phi) is 6.64. The number of rotatable bonds is 8. The van der Waals surface area contributed by atoms with E-state index < -0.39 is 0 Å². The smallest absolute Gasteiger partial charge is 0.264 e. The van der Waals surface area contributed by atoms with Crippen LogP contribution in [0.15, 0.2) is 30.3 Å². The average Bonchev–Trinajstić information content (AvgIpc) is 2.78. The molecule has 1 aliphatic rings. The van der Waals surface area contributed by atoms with Crippen molar-refractivity contribution in [3.63, 3.8) is 0 Å². The minimum absolute atomic E-state index is 0.00750. The van der Waals surface area contributed by atoms with E-state index in [9.17, 15) is 14.4 Å². The Morgan fingerprint density at radius 2 is 1.71 bits per heavy atom. The summed E-state index contributed by atoms with van der Waals surface area (Å²) in [5, 5.41) is 2.73. The molecule has 1 aliphatic heterocycles. The Balaban J connectivity index is 1.65. The van der Waals surface area contributed by atoms with Crippen LogP contribution in [0, 0.1) is 0 Å². The molecule has 9 heteroatoms. The Morgan fingerprint density at radius 3 is 2.32 bits per heavy atom. The summed E-state index contributed by atoms with van der Waals surface area (Å²) in [6.07, 6.45) is -0.00852. The van der Waals surface area contributed by atoms with Crippen LogP contribution in [0.5, 0.6) is 23.0 Å². The minimum Gasteiger partial charge on any atom is -0.493 e. The fourth-order valence-corrected chi connectivity index (χ4v) is 3.19. The second-order valence-corrected chi connectivity index (χ2v) is 6.81. The summed E-state index contributed by atoms with van der Waals surface area (Å²) >= 11 is 0. The summed E-state index contributed by atoms with van der Waals surface area (Å²) < 4.78 is 21.2. The van der Waals surface area contributed by atoms with E-state index in [-0.39, 0.29) is 37.0 Å². The maximum absolute atomic E-state index is 12.6. The lowest BCUT2D eigenvalue weighted by Gasteiger charge is -2.26. The number of methoxy groups -OCH3 is 3. The highest BCUT2D eigenvalue weighted by atomic mass is 16.5. The fourth-order valence-electron chi connectivity index (χ4n) is 3.19. The van der Waals surface area contributed by atoms with E-state index in [0.717, 1.165) is 0 Å². The first kappa shape index (κ1) is 21.9. The Labute approximate surface area is 179 Å². The van der Waals surface area contributed by atoms with Crippen molar-refractivity contribution >= 4 is 29.0 Å². The molecular weight excluding hydrogens is 404 g/mol. The van der Waals surface area contributed by atoms with Gasteiger partial charge < -0.3 is 29.2 Å². The molecule has 164 valence electrons. The third kappa shape index (κ3) is 4.71. The highest BCUT2D eigenvalue weighted by Crippen LogP contribution is 2.40. The van der Waals surface area contributed by atoms with Gasteiger partial charge >= 0.3 is 0 Å². The van der Waals surface area contributed by atoms with Crippen molar-refractivity contribution in [2.45, 2.75) is 12.8 Å². The van der Waals surface area contributed by atoms with Gasteiger partial charge in [0.2, 0.25) is 11.7 Å². The molecule has 0 aromatic heterocycles. The SMILES string of the molecule is COc1cc(NC(=O)CCC(=O)c2ccc3c(c2)N(C)C(=O)CO3)cc(OC)c1OC. The molecule has 0 saturated heterocycles. The molecule has 0 saturated carbocycles. The van der Waals surface area contributed by atoms with Crippen molar-refractivity contribution in [3.8, 4) is 23.0 Å². The van der Waals surface area contributed by atoms with Crippen LogP contribution in [0.3, 0.4) is 0 Å². The second-order valence-electron chi connectivity index (χ2n) is 6.81. The van der Waals surface area contributed by atoms with Crippen LogP contribution in [-0.2, 0) is 9.59 Å². The number of ketones is 1. The molecule has 0 bridgehead atoms. The molecule has 0 fully saturated rings. The molecule has 0 radical (unpaired) electrons. The Hall–Kier alpha value is -3.75. The first-order chi connectivity index (χ1) is 14.9. The minimum atomic E-state index is -0.337. The lowest BCUT2D eigenvalue weighted by atomic mass is 10.0. The fraction of sp³-hybridized carbons (Fsp3) is 0.318. The first-order valence-corrected chi connectivity index (χ1v) is 9.54. The third-order valence-corrected chi connectivity index (χ3v) is 4.90. The molecule has 2 aromatic rings. The number of anilines is 2. The van der Waals surface area contributed by atoms with Gasteiger partial charge in [0.05, 0.1) is 27.0 Å². The lowest BCUT2D eigenvalue weighted by molar-refractivity contribution is -0.121. The molecular formula is C22H24N2O7. The number of ether oxygens (including phenoxy) is 4. The maximum Gasteiger partial charge on any atom is 0.264 e. The zero-order valence-electron chi connectivity index (χ0n) is 17.8. The van der Waals surface area contributed by atoms with E-state index in [4.69, 9.17) is 18.9 Å². The van der Waals surface area contributed by atoms with Crippen LogP contribution < -0.4 is 29.2 Å². The molecule has 0 unspecified atom stereocenters. The largest absolute Gasteiger partial charge is 0.493 e. The van der Waals surface area contributed by atoms with Gasteiger partial charge in [-0.15, -0.1) is 0 Å². The highest BCUT2D eigenvalue weighted by Gasteiger charge is 2.23. The molecule has 0 atom stereocenters. The van der Waals surface area contributed by atoms with Crippen molar-refractivity contribution in [3.05, 3.63) is 35.9 Å². The average molecular weight is 428 g/mol. The molecule has 2 aromatic carbocycles. The number of carbonyl (C=O) groups excluding carboxylic acids is 3. The summed E-state index contributed by atoms with van der Waals surface area (Å²) in [6, 6.07) is 8.10. The number of carbonyl (C=O) groups is 3. The zero-order chi connectivity index (χ0) is 22.5. The molecule has 31 heavy (non-hydrogen) atoms. The Morgan fingerprint density at radius 1 is 1.03 bits per heavy atom. The van der Waals surface area contributed by atoms with E-state index in [1.165, 1.54) is 26.2 Å². The van der Waals surface area contributed by atoms with E-state index in [1.54, 1.807) is 37.4 Å². The number of hydrogen-bond acceptors (Lipinski definition) is 7. The summed E-state index contributed by atoms with van der Waals surface area (Å²) in [6.45, 7) is -0.0299. The quantitative estimate of drug-likeness (QED) is 0.645. The van der Waals surface area contributed by atoms with E-state index in [1.807, 2.05) is 0 Å². The number of fused-ring (bicyclic) bond motifs is 1.